The van der Waals surface area contributed by atoms with Crippen LogP contribution in [0.3, 0.4) is 0 Å². The molecule has 1 aromatic heterocycles. The van der Waals surface area contributed by atoms with Crippen molar-refractivity contribution in [1.82, 2.24) is 9.55 Å². The number of anilines is 2. The van der Waals surface area contributed by atoms with Crippen LogP contribution in [0.15, 0.2) is 47.3 Å². The number of carbonyl (C=O) groups excluding carboxylic acids is 2. The fourth-order valence-corrected chi connectivity index (χ4v) is 2.89. The average Bonchev–Trinajstić information content (AvgIpc) is 2.67. The number of aromatic nitrogens is 2. The first-order valence-electron chi connectivity index (χ1n) is 9.05. The molecule has 0 saturated heterocycles. The van der Waals surface area contributed by atoms with Crippen LogP contribution in [0.2, 0.25) is 0 Å². The van der Waals surface area contributed by atoms with E-state index in [1.807, 2.05) is 31.2 Å². The van der Waals surface area contributed by atoms with Crippen LogP contribution in [-0.2, 0) is 16.1 Å². The van der Waals surface area contributed by atoms with Crippen molar-refractivity contribution < 1.29 is 9.59 Å². The van der Waals surface area contributed by atoms with Gasteiger partial charge in [-0.1, -0.05) is 25.1 Å². The zero-order valence-electron chi connectivity index (χ0n) is 16.1. The average molecular weight is 378 g/mol. The number of amides is 2. The highest BCUT2D eigenvalue weighted by Gasteiger charge is 2.13. The SMILES string of the molecule is CCC(=O)Nc1ccc2nc(C)n(CC(=O)Nc3ccccc3C)c(=O)c2c1. The Balaban J connectivity index is 1.92. The normalized spacial score (nSPS) is 10.7. The highest BCUT2D eigenvalue weighted by molar-refractivity contribution is 5.94. The van der Waals surface area contributed by atoms with Crippen molar-refractivity contribution in [2.75, 3.05) is 10.6 Å². The molecule has 1 heterocycles. The zero-order valence-corrected chi connectivity index (χ0v) is 16.1. The van der Waals surface area contributed by atoms with E-state index in [9.17, 15) is 14.4 Å². The van der Waals surface area contributed by atoms with Gasteiger partial charge in [0.15, 0.2) is 0 Å². The minimum Gasteiger partial charge on any atom is -0.326 e. The number of carbonyl (C=O) groups is 2. The molecule has 28 heavy (non-hydrogen) atoms. The van der Waals surface area contributed by atoms with Gasteiger partial charge in [0.25, 0.3) is 5.56 Å². The van der Waals surface area contributed by atoms with Gasteiger partial charge in [0, 0.05) is 17.8 Å². The van der Waals surface area contributed by atoms with Crippen LogP contribution in [0.25, 0.3) is 10.9 Å². The fraction of sp³-hybridized carbons (Fsp3) is 0.238. The number of hydrogen-bond acceptors (Lipinski definition) is 4. The lowest BCUT2D eigenvalue weighted by molar-refractivity contribution is -0.117. The number of nitrogens with one attached hydrogen (secondary N) is 2. The maximum Gasteiger partial charge on any atom is 0.261 e. The van der Waals surface area contributed by atoms with Crippen molar-refractivity contribution in [2.24, 2.45) is 0 Å². The molecule has 0 saturated carbocycles. The molecular weight excluding hydrogens is 356 g/mol. The Morgan fingerprint density at radius 2 is 1.79 bits per heavy atom. The summed E-state index contributed by atoms with van der Waals surface area (Å²) in [5, 5.41) is 5.90. The Bertz CT molecular complexity index is 1120. The molecule has 0 bridgehead atoms. The molecule has 7 nitrogen and oxygen atoms in total. The van der Waals surface area contributed by atoms with Gasteiger partial charge < -0.3 is 10.6 Å². The number of fused-ring (bicyclic) bond motifs is 1. The maximum atomic E-state index is 12.9. The first kappa shape index (κ1) is 19.3. The number of nitrogens with zero attached hydrogens (tertiary/aromatic N) is 2. The second-order valence-corrected chi connectivity index (χ2v) is 6.55. The minimum absolute atomic E-state index is 0.141. The van der Waals surface area contributed by atoms with Crippen molar-refractivity contribution in [2.45, 2.75) is 33.7 Å². The van der Waals surface area contributed by atoms with E-state index in [1.165, 1.54) is 4.57 Å². The number of rotatable bonds is 5. The van der Waals surface area contributed by atoms with Gasteiger partial charge in [-0.05, 0) is 43.7 Å². The van der Waals surface area contributed by atoms with Gasteiger partial charge in [-0.25, -0.2) is 4.98 Å². The summed E-state index contributed by atoms with van der Waals surface area (Å²) in [6.07, 6.45) is 0.341. The first-order valence-corrected chi connectivity index (χ1v) is 9.05. The predicted molar refractivity (Wildman–Crippen MR) is 109 cm³/mol. The Hall–Kier alpha value is -3.48. The van der Waals surface area contributed by atoms with Crippen molar-refractivity contribution in [3.05, 3.63) is 64.2 Å². The molecule has 2 N–H and O–H groups in total. The molecular formula is C21H22N4O3. The van der Waals surface area contributed by atoms with Gasteiger partial charge in [-0.3, -0.25) is 19.0 Å². The third-order valence-electron chi connectivity index (χ3n) is 4.47. The molecule has 0 aliphatic rings. The first-order chi connectivity index (χ1) is 13.4. The lowest BCUT2D eigenvalue weighted by Crippen LogP contribution is -2.30. The summed E-state index contributed by atoms with van der Waals surface area (Å²) < 4.78 is 1.33. The molecule has 0 aliphatic carbocycles. The van der Waals surface area contributed by atoms with Crippen molar-refractivity contribution in [3.63, 3.8) is 0 Å². The molecule has 144 valence electrons. The second kappa shape index (κ2) is 8.04. The Morgan fingerprint density at radius 1 is 1.04 bits per heavy atom. The smallest absolute Gasteiger partial charge is 0.261 e. The third kappa shape index (κ3) is 4.09. The van der Waals surface area contributed by atoms with Crippen molar-refractivity contribution >= 4 is 34.1 Å². The topological polar surface area (TPSA) is 93.1 Å². The predicted octanol–water partition coefficient (Wildman–Crippen LogP) is 3.00. The molecule has 0 radical (unpaired) electrons. The van der Waals surface area contributed by atoms with E-state index in [4.69, 9.17) is 0 Å². The van der Waals surface area contributed by atoms with E-state index in [1.54, 1.807) is 32.0 Å². The minimum atomic E-state index is -0.324. The molecule has 0 unspecified atom stereocenters. The van der Waals surface area contributed by atoms with Gasteiger partial charge in [0.1, 0.15) is 12.4 Å². The van der Waals surface area contributed by atoms with E-state index in [0.29, 0.717) is 34.5 Å². The molecule has 2 amide bonds. The number of hydrogen-bond donors (Lipinski definition) is 2. The van der Waals surface area contributed by atoms with Gasteiger partial charge in [0.2, 0.25) is 11.8 Å². The van der Waals surface area contributed by atoms with Gasteiger partial charge in [-0.2, -0.15) is 0 Å². The zero-order chi connectivity index (χ0) is 20.3. The molecule has 0 aliphatic heterocycles. The number of aryl methyl sites for hydroxylation is 2. The molecule has 3 rings (SSSR count). The van der Waals surface area contributed by atoms with Crippen molar-refractivity contribution in [3.8, 4) is 0 Å². The summed E-state index contributed by atoms with van der Waals surface area (Å²) in [6.45, 7) is 5.19. The van der Waals surface area contributed by atoms with Crippen LogP contribution in [0.1, 0.15) is 24.7 Å². The van der Waals surface area contributed by atoms with Crippen molar-refractivity contribution in [1.29, 1.82) is 0 Å². The largest absolute Gasteiger partial charge is 0.326 e. The molecule has 0 atom stereocenters. The second-order valence-electron chi connectivity index (χ2n) is 6.55. The molecule has 2 aromatic carbocycles. The molecule has 3 aromatic rings. The van der Waals surface area contributed by atoms with Crippen LogP contribution in [0.4, 0.5) is 11.4 Å². The summed E-state index contributed by atoms with van der Waals surface area (Å²) in [7, 11) is 0. The number of para-hydroxylation sites is 1. The Labute approximate surface area is 162 Å². The van der Waals surface area contributed by atoms with Crippen LogP contribution < -0.4 is 16.2 Å². The van der Waals surface area contributed by atoms with Crippen LogP contribution in [0, 0.1) is 13.8 Å². The molecule has 7 heteroatoms. The van der Waals surface area contributed by atoms with E-state index in [-0.39, 0.29) is 23.9 Å². The third-order valence-corrected chi connectivity index (χ3v) is 4.47. The lowest BCUT2D eigenvalue weighted by Gasteiger charge is -2.13. The highest BCUT2D eigenvalue weighted by Crippen LogP contribution is 2.16. The lowest BCUT2D eigenvalue weighted by atomic mass is 10.2. The summed E-state index contributed by atoms with van der Waals surface area (Å²) in [4.78, 5) is 41.4. The van der Waals surface area contributed by atoms with E-state index < -0.39 is 0 Å². The van der Waals surface area contributed by atoms with E-state index >= 15 is 0 Å². The van der Waals surface area contributed by atoms with Crippen LogP contribution in [0.5, 0.6) is 0 Å². The number of benzene rings is 2. The van der Waals surface area contributed by atoms with Gasteiger partial charge >= 0.3 is 0 Å². The summed E-state index contributed by atoms with van der Waals surface area (Å²) in [5.41, 5.74) is 2.37. The summed E-state index contributed by atoms with van der Waals surface area (Å²) in [5.74, 6) is -0.00350. The van der Waals surface area contributed by atoms with E-state index in [2.05, 4.69) is 15.6 Å². The Kier molecular flexibility index (Phi) is 5.54. The standard InChI is InChI=1S/C21H22N4O3/c1-4-19(26)23-15-9-10-18-16(11-15)21(28)25(14(3)22-18)12-20(27)24-17-8-6-5-7-13(17)2/h5-11H,4,12H2,1-3H3,(H,23,26)(H,24,27). The van der Waals surface area contributed by atoms with Crippen LogP contribution in [-0.4, -0.2) is 21.4 Å². The summed E-state index contributed by atoms with van der Waals surface area (Å²) in [6, 6.07) is 12.4. The molecule has 0 fully saturated rings. The quantitative estimate of drug-likeness (QED) is 0.714. The maximum absolute atomic E-state index is 12.9. The Morgan fingerprint density at radius 3 is 2.50 bits per heavy atom. The van der Waals surface area contributed by atoms with Crippen LogP contribution >= 0.6 is 0 Å². The fourth-order valence-electron chi connectivity index (χ4n) is 2.89. The molecule has 0 spiro atoms. The summed E-state index contributed by atoms with van der Waals surface area (Å²) >= 11 is 0. The monoisotopic (exact) mass is 378 g/mol. The van der Waals surface area contributed by atoms with Gasteiger partial charge in [0.05, 0.1) is 10.9 Å². The van der Waals surface area contributed by atoms with E-state index in [0.717, 1.165) is 5.56 Å². The van der Waals surface area contributed by atoms with Gasteiger partial charge in [-0.15, -0.1) is 0 Å². The highest BCUT2D eigenvalue weighted by atomic mass is 16.2.